The molecule has 3 rings (SSSR count). The summed E-state index contributed by atoms with van der Waals surface area (Å²) in [5, 5.41) is 0. The first-order chi connectivity index (χ1) is 11.8. The van der Waals surface area contributed by atoms with E-state index in [2.05, 4.69) is 41.5 Å². The lowest BCUT2D eigenvalue weighted by Gasteiger charge is -2.48. The first kappa shape index (κ1) is 19.8. The van der Waals surface area contributed by atoms with Crippen LogP contribution in [-0.4, -0.2) is 0 Å². The molecule has 0 aromatic heterocycles. The molecule has 0 radical (unpaired) electrons. The maximum Gasteiger partial charge on any atom is -0.0334 e. The molecule has 0 heterocycles. The summed E-state index contributed by atoms with van der Waals surface area (Å²) in [7, 11) is 0. The van der Waals surface area contributed by atoms with Gasteiger partial charge < -0.3 is 0 Å². The lowest BCUT2D eigenvalue weighted by atomic mass is 9.57. The van der Waals surface area contributed by atoms with E-state index >= 15 is 0 Å². The van der Waals surface area contributed by atoms with Crippen molar-refractivity contribution >= 4 is 0 Å². The highest BCUT2D eigenvalue weighted by Crippen LogP contribution is 2.51. The summed E-state index contributed by atoms with van der Waals surface area (Å²) in [6.45, 7) is 15.2. The largest absolute Gasteiger partial charge is 0.0625 e. The molecular formula is C25H46. The molecule has 0 nitrogen and oxygen atoms in total. The van der Waals surface area contributed by atoms with E-state index in [0.717, 1.165) is 59.2 Å². The van der Waals surface area contributed by atoms with Crippen LogP contribution in [0.3, 0.4) is 0 Å². The van der Waals surface area contributed by atoms with Crippen molar-refractivity contribution in [2.45, 2.75) is 99.3 Å². The fourth-order valence-corrected chi connectivity index (χ4v) is 7.54. The first-order valence-electron chi connectivity index (χ1n) is 11.8. The Morgan fingerprint density at radius 1 is 0.560 bits per heavy atom. The topological polar surface area (TPSA) is 0 Å². The second-order valence-corrected chi connectivity index (χ2v) is 11.3. The van der Waals surface area contributed by atoms with Gasteiger partial charge in [-0.05, 0) is 91.3 Å². The molecule has 4 unspecified atom stereocenters. The predicted octanol–water partition coefficient (Wildman–Crippen LogP) is 7.82. The Hall–Kier alpha value is 0. The SMILES string of the molecule is CC1CCC(CC2CC(C)C(C3CC(C)C(C)C(C)C3)C(C)C2)CC1. The zero-order valence-corrected chi connectivity index (χ0v) is 18.1. The van der Waals surface area contributed by atoms with E-state index < -0.39 is 0 Å². The van der Waals surface area contributed by atoms with Gasteiger partial charge in [-0.25, -0.2) is 0 Å². The average molecular weight is 347 g/mol. The third-order valence-corrected chi connectivity index (χ3v) is 9.22. The standard InChI is InChI=1S/C25H46/c1-16-7-9-22(10-8-16)15-23-11-19(4)25(20(5)12-23)24-13-17(2)21(6)18(3)14-24/h16-25H,7-15H2,1-6H3. The van der Waals surface area contributed by atoms with E-state index in [4.69, 9.17) is 0 Å². The predicted molar refractivity (Wildman–Crippen MR) is 110 cm³/mol. The van der Waals surface area contributed by atoms with E-state index in [9.17, 15) is 0 Å². The first-order valence-corrected chi connectivity index (χ1v) is 11.8. The number of rotatable bonds is 3. The van der Waals surface area contributed by atoms with Gasteiger partial charge in [0, 0.05) is 0 Å². The molecule has 0 saturated heterocycles. The monoisotopic (exact) mass is 346 g/mol. The van der Waals surface area contributed by atoms with Gasteiger partial charge >= 0.3 is 0 Å². The van der Waals surface area contributed by atoms with Crippen molar-refractivity contribution in [2.24, 2.45) is 59.2 Å². The van der Waals surface area contributed by atoms with Gasteiger partial charge in [0.15, 0.2) is 0 Å². The lowest BCUT2D eigenvalue weighted by Crippen LogP contribution is -2.40. The van der Waals surface area contributed by atoms with Crippen LogP contribution in [0, 0.1) is 59.2 Å². The van der Waals surface area contributed by atoms with Crippen molar-refractivity contribution in [3.63, 3.8) is 0 Å². The van der Waals surface area contributed by atoms with E-state index in [0.29, 0.717) is 0 Å². The highest BCUT2D eigenvalue weighted by molar-refractivity contribution is 4.91. The Morgan fingerprint density at radius 2 is 1.08 bits per heavy atom. The Labute approximate surface area is 158 Å². The summed E-state index contributed by atoms with van der Waals surface area (Å²) < 4.78 is 0. The molecule has 0 aromatic rings. The van der Waals surface area contributed by atoms with Gasteiger partial charge in [-0.3, -0.25) is 0 Å². The minimum atomic E-state index is 0.937. The molecule has 3 fully saturated rings. The van der Waals surface area contributed by atoms with Crippen molar-refractivity contribution in [1.29, 1.82) is 0 Å². The van der Waals surface area contributed by atoms with Crippen molar-refractivity contribution < 1.29 is 0 Å². The molecule has 3 aliphatic rings. The van der Waals surface area contributed by atoms with E-state index in [-0.39, 0.29) is 0 Å². The van der Waals surface area contributed by atoms with Crippen LogP contribution in [0.15, 0.2) is 0 Å². The number of hydrogen-bond acceptors (Lipinski definition) is 0. The molecule has 3 aliphatic carbocycles. The minimum Gasteiger partial charge on any atom is -0.0625 e. The highest BCUT2D eigenvalue weighted by Gasteiger charge is 2.42. The molecule has 0 N–H and O–H groups in total. The van der Waals surface area contributed by atoms with E-state index in [1.54, 1.807) is 6.42 Å². The van der Waals surface area contributed by atoms with Crippen LogP contribution in [-0.2, 0) is 0 Å². The molecule has 0 heteroatoms. The quantitative estimate of drug-likeness (QED) is 0.488. The molecular weight excluding hydrogens is 300 g/mol. The summed E-state index contributed by atoms with van der Waals surface area (Å²) >= 11 is 0. The second kappa shape index (κ2) is 8.35. The van der Waals surface area contributed by atoms with E-state index in [1.165, 1.54) is 51.4 Å². The van der Waals surface area contributed by atoms with Crippen LogP contribution < -0.4 is 0 Å². The van der Waals surface area contributed by atoms with E-state index in [1.807, 2.05) is 0 Å². The molecule has 0 aromatic carbocycles. The summed E-state index contributed by atoms with van der Waals surface area (Å²) in [4.78, 5) is 0. The fraction of sp³-hybridized carbons (Fsp3) is 1.00. The Balaban J connectivity index is 1.55. The van der Waals surface area contributed by atoms with Crippen LogP contribution >= 0.6 is 0 Å². The van der Waals surface area contributed by atoms with Crippen molar-refractivity contribution in [3.05, 3.63) is 0 Å². The van der Waals surface area contributed by atoms with Gasteiger partial charge in [-0.1, -0.05) is 67.2 Å². The molecule has 0 aliphatic heterocycles. The third-order valence-electron chi connectivity index (χ3n) is 9.22. The molecule has 0 bridgehead atoms. The van der Waals surface area contributed by atoms with Gasteiger partial charge in [0.25, 0.3) is 0 Å². The van der Waals surface area contributed by atoms with Gasteiger partial charge in [0.1, 0.15) is 0 Å². The maximum absolute atomic E-state index is 2.61. The normalized spacial score (nSPS) is 52.1. The second-order valence-electron chi connectivity index (χ2n) is 11.3. The molecule has 0 amide bonds. The molecule has 146 valence electrons. The summed E-state index contributed by atoms with van der Waals surface area (Å²) in [6.07, 6.45) is 13.7. The van der Waals surface area contributed by atoms with Crippen LogP contribution in [0.25, 0.3) is 0 Å². The fourth-order valence-electron chi connectivity index (χ4n) is 7.54. The van der Waals surface area contributed by atoms with Gasteiger partial charge in [0.2, 0.25) is 0 Å². The zero-order chi connectivity index (χ0) is 18.1. The van der Waals surface area contributed by atoms with Crippen molar-refractivity contribution in [1.82, 2.24) is 0 Å². The summed E-state index contributed by atoms with van der Waals surface area (Å²) in [6, 6.07) is 0. The van der Waals surface area contributed by atoms with Crippen LogP contribution in [0.4, 0.5) is 0 Å². The Bertz CT molecular complexity index is 380. The van der Waals surface area contributed by atoms with Crippen LogP contribution in [0.5, 0.6) is 0 Å². The maximum atomic E-state index is 2.61. The zero-order valence-electron chi connectivity index (χ0n) is 18.1. The summed E-state index contributed by atoms with van der Waals surface area (Å²) in [5.74, 6) is 9.88. The van der Waals surface area contributed by atoms with Crippen molar-refractivity contribution in [2.75, 3.05) is 0 Å². The molecule has 4 atom stereocenters. The molecule has 3 saturated carbocycles. The number of hydrogen-bond donors (Lipinski definition) is 0. The minimum absolute atomic E-state index is 0.937. The average Bonchev–Trinajstić information content (AvgIpc) is 2.54. The third kappa shape index (κ3) is 4.65. The Kier molecular flexibility index (Phi) is 6.60. The van der Waals surface area contributed by atoms with Crippen LogP contribution in [0.2, 0.25) is 0 Å². The van der Waals surface area contributed by atoms with Crippen molar-refractivity contribution in [3.8, 4) is 0 Å². The van der Waals surface area contributed by atoms with Gasteiger partial charge in [-0.15, -0.1) is 0 Å². The van der Waals surface area contributed by atoms with Gasteiger partial charge in [0.05, 0.1) is 0 Å². The lowest BCUT2D eigenvalue weighted by molar-refractivity contribution is 0.0115. The summed E-state index contributed by atoms with van der Waals surface area (Å²) in [5.41, 5.74) is 0. The smallest absolute Gasteiger partial charge is 0.0334 e. The molecule has 25 heavy (non-hydrogen) atoms. The Morgan fingerprint density at radius 3 is 1.60 bits per heavy atom. The van der Waals surface area contributed by atoms with Crippen LogP contribution in [0.1, 0.15) is 99.3 Å². The molecule has 0 spiro atoms. The highest BCUT2D eigenvalue weighted by atomic mass is 14.5. The van der Waals surface area contributed by atoms with Gasteiger partial charge in [-0.2, -0.15) is 0 Å².